The van der Waals surface area contributed by atoms with Gasteiger partial charge in [-0.2, -0.15) is 0 Å². The van der Waals surface area contributed by atoms with Gasteiger partial charge in [0.25, 0.3) is 0 Å². The summed E-state index contributed by atoms with van der Waals surface area (Å²) in [4.78, 5) is 13.2. The quantitative estimate of drug-likeness (QED) is 0.502. The lowest BCUT2D eigenvalue weighted by atomic mass is 10.3. The molecular formula is C18H13N5O. The third kappa shape index (κ3) is 1.68. The number of hydrogen-bond donors (Lipinski definition) is 0. The third-order valence-corrected chi connectivity index (χ3v) is 4.22. The van der Waals surface area contributed by atoms with E-state index in [4.69, 9.17) is 9.72 Å². The summed E-state index contributed by atoms with van der Waals surface area (Å²) >= 11 is 0. The van der Waals surface area contributed by atoms with Gasteiger partial charge >= 0.3 is 0 Å². The van der Waals surface area contributed by atoms with E-state index in [-0.39, 0.29) is 0 Å². The minimum absolute atomic E-state index is 0.810. The van der Waals surface area contributed by atoms with E-state index in [1.54, 1.807) is 25.7 Å². The molecule has 0 aliphatic carbocycles. The predicted molar refractivity (Wildman–Crippen MR) is 91.7 cm³/mol. The Bertz CT molecular complexity index is 1200. The van der Waals surface area contributed by atoms with E-state index in [1.165, 1.54) is 0 Å². The highest BCUT2D eigenvalue weighted by Crippen LogP contribution is 2.32. The molecule has 4 aromatic heterocycles. The summed E-state index contributed by atoms with van der Waals surface area (Å²) in [6, 6.07) is 10.00. The molecule has 1 aromatic carbocycles. The zero-order valence-electron chi connectivity index (χ0n) is 12.9. The molecular weight excluding hydrogens is 302 g/mol. The van der Waals surface area contributed by atoms with Crippen molar-refractivity contribution in [3.05, 3.63) is 61.3 Å². The normalized spacial score (nSPS) is 11.5. The van der Waals surface area contributed by atoms with E-state index in [0.717, 1.165) is 39.2 Å². The Morgan fingerprint density at radius 1 is 1.04 bits per heavy atom. The lowest BCUT2D eigenvalue weighted by Gasteiger charge is -2.09. The lowest BCUT2D eigenvalue weighted by Crippen LogP contribution is -1.98. The Morgan fingerprint density at radius 3 is 2.88 bits per heavy atom. The van der Waals surface area contributed by atoms with Gasteiger partial charge in [-0.3, -0.25) is 18.9 Å². The zero-order chi connectivity index (χ0) is 16.1. The molecule has 116 valence electrons. The molecule has 6 heteroatoms. The van der Waals surface area contributed by atoms with Crippen LogP contribution >= 0.6 is 0 Å². The maximum Gasteiger partial charge on any atom is 0.157 e. The van der Waals surface area contributed by atoms with Gasteiger partial charge in [-0.15, -0.1) is 0 Å². The summed E-state index contributed by atoms with van der Waals surface area (Å²) in [5, 5.41) is 1.01. The summed E-state index contributed by atoms with van der Waals surface area (Å²) < 4.78 is 9.61. The van der Waals surface area contributed by atoms with E-state index < -0.39 is 0 Å². The second kappa shape index (κ2) is 4.79. The summed E-state index contributed by atoms with van der Waals surface area (Å²) in [5.41, 5.74) is 4.78. The number of rotatable bonds is 2. The van der Waals surface area contributed by atoms with Gasteiger partial charge in [-0.1, -0.05) is 6.07 Å². The number of benzene rings is 1. The molecule has 0 unspecified atom stereocenters. The van der Waals surface area contributed by atoms with Crippen LogP contribution in [-0.2, 0) is 0 Å². The second-order valence-electron chi connectivity index (χ2n) is 5.52. The lowest BCUT2D eigenvalue weighted by molar-refractivity contribution is 0.414. The van der Waals surface area contributed by atoms with E-state index in [2.05, 4.69) is 20.6 Å². The average molecular weight is 315 g/mol. The van der Waals surface area contributed by atoms with Crippen molar-refractivity contribution < 1.29 is 4.74 Å². The van der Waals surface area contributed by atoms with Crippen LogP contribution in [0.25, 0.3) is 33.4 Å². The summed E-state index contributed by atoms with van der Waals surface area (Å²) in [5.74, 6) is 0.812. The Labute approximate surface area is 137 Å². The molecule has 0 N–H and O–H groups in total. The number of pyridine rings is 1. The first kappa shape index (κ1) is 13.1. The Hall–Kier alpha value is -3.41. The Morgan fingerprint density at radius 2 is 1.96 bits per heavy atom. The molecule has 0 bridgehead atoms. The van der Waals surface area contributed by atoms with Crippen molar-refractivity contribution >= 4 is 27.7 Å². The SMILES string of the molecule is COc1cccc(-n2c3ccncc3c3nc4cnccn4c32)c1. The van der Waals surface area contributed by atoms with Crippen LogP contribution in [0.3, 0.4) is 0 Å². The van der Waals surface area contributed by atoms with Crippen LogP contribution in [0, 0.1) is 0 Å². The van der Waals surface area contributed by atoms with Gasteiger partial charge in [0.1, 0.15) is 11.3 Å². The highest BCUT2D eigenvalue weighted by Gasteiger charge is 2.18. The van der Waals surface area contributed by atoms with E-state index in [0.29, 0.717) is 0 Å². The Kier molecular flexibility index (Phi) is 2.61. The number of aromatic nitrogens is 5. The third-order valence-electron chi connectivity index (χ3n) is 4.22. The number of hydrogen-bond acceptors (Lipinski definition) is 4. The summed E-state index contributed by atoms with van der Waals surface area (Å²) in [6.07, 6.45) is 9.10. The molecule has 0 saturated heterocycles. The van der Waals surface area contributed by atoms with E-state index in [9.17, 15) is 0 Å². The van der Waals surface area contributed by atoms with Crippen molar-refractivity contribution in [2.45, 2.75) is 0 Å². The number of fused-ring (bicyclic) bond motifs is 5. The molecule has 0 radical (unpaired) electrons. The molecule has 0 amide bonds. The second-order valence-corrected chi connectivity index (χ2v) is 5.52. The minimum atomic E-state index is 0.810. The number of ether oxygens (including phenoxy) is 1. The molecule has 4 heterocycles. The molecule has 24 heavy (non-hydrogen) atoms. The van der Waals surface area contributed by atoms with Gasteiger partial charge in [0.15, 0.2) is 11.3 Å². The van der Waals surface area contributed by atoms with Gasteiger partial charge in [0.2, 0.25) is 0 Å². The smallest absolute Gasteiger partial charge is 0.157 e. The molecule has 5 aromatic rings. The van der Waals surface area contributed by atoms with Gasteiger partial charge in [-0.05, 0) is 18.2 Å². The van der Waals surface area contributed by atoms with Crippen LogP contribution in [0.5, 0.6) is 5.75 Å². The van der Waals surface area contributed by atoms with Crippen LogP contribution in [0.15, 0.2) is 61.3 Å². The number of methoxy groups -OCH3 is 1. The van der Waals surface area contributed by atoms with Crippen molar-refractivity contribution in [3.63, 3.8) is 0 Å². The number of nitrogens with zero attached hydrogens (tertiary/aromatic N) is 5. The van der Waals surface area contributed by atoms with Crippen LogP contribution in [0.1, 0.15) is 0 Å². The zero-order valence-corrected chi connectivity index (χ0v) is 12.9. The van der Waals surface area contributed by atoms with Crippen LogP contribution in [-0.4, -0.2) is 31.0 Å². The van der Waals surface area contributed by atoms with Crippen molar-refractivity contribution in [1.29, 1.82) is 0 Å². The topological polar surface area (TPSA) is 57.2 Å². The van der Waals surface area contributed by atoms with Crippen molar-refractivity contribution in [3.8, 4) is 11.4 Å². The highest BCUT2D eigenvalue weighted by atomic mass is 16.5. The van der Waals surface area contributed by atoms with Gasteiger partial charge in [0, 0.05) is 36.2 Å². The van der Waals surface area contributed by atoms with Crippen LogP contribution in [0.4, 0.5) is 0 Å². The van der Waals surface area contributed by atoms with Crippen LogP contribution < -0.4 is 4.74 Å². The van der Waals surface area contributed by atoms with Gasteiger partial charge in [-0.25, -0.2) is 4.98 Å². The largest absolute Gasteiger partial charge is 0.497 e. The molecule has 0 aliphatic rings. The molecule has 0 saturated carbocycles. The minimum Gasteiger partial charge on any atom is -0.497 e. The first-order chi connectivity index (χ1) is 11.9. The molecule has 0 fully saturated rings. The maximum absolute atomic E-state index is 5.39. The van der Waals surface area contributed by atoms with Crippen LogP contribution in [0.2, 0.25) is 0 Å². The van der Waals surface area contributed by atoms with Gasteiger partial charge < -0.3 is 4.74 Å². The molecule has 6 nitrogen and oxygen atoms in total. The Balaban J connectivity index is 2.00. The summed E-state index contributed by atoms with van der Waals surface area (Å²) in [6.45, 7) is 0. The first-order valence-electron chi connectivity index (χ1n) is 7.57. The fraction of sp³-hybridized carbons (Fsp3) is 0.0556. The molecule has 5 rings (SSSR count). The monoisotopic (exact) mass is 315 g/mol. The fourth-order valence-electron chi connectivity index (χ4n) is 3.18. The summed E-state index contributed by atoms with van der Waals surface area (Å²) in [7, 11) is 1.67. The fourth-order valence-corrected chi connectivity index (χ4v) is 3.18. The molecule has 0 aliphatic heterocycles. The number of imidazole rings is 1. The van der Waals surface area contributed by atoms with Crippen molar-refractivity contribution in [2.75, 3.05) is 7.11 Å². The molecule has 0 atom stereocenters. The van der Waals surface area contributed by atoms with Crippen molar-refractivity contribution in [1.82, 2.24) is 23.9 Å². The predicted octanol–water partition coefficient (Wildman–Crippen LogP) is 3.23. The average Bonchev–Trinajstić information content (AvgIpc) is 3.16. The van der Waals surface area contributed by atoms with Crippen molar-refractivity contribution in [2.24, 2.45) is 0 Å². The van der Waals surface area contributed by atoms with E-state index in [1.807, 2.05) is 41.1 Å². The highest BCUT2D eigenvalue weighted by molar-refractivity contribution is 6.06. The first-order valence-corrected chi connectivity index (χ1v) is 7.57. The maximum atomic E-state index is 5.39. The van der Waals surface area contributed by atoms with E-state index >= 15 is 0 Å². The molecule has 0 spiro atoms. The van der Waals surface area contributed by atoms with Gasteiger partial charge in [0.05, 0.1) is 24.5 Å². The standard InChI is InChI=1S/C18H13N5O/c1-24-13-4-2-3-12(9-13)23-15-5-6-19-10-14(15)17-18(23)22-8-7-20-11-16(22)21-17/h2-11H,1H3.